The van der Waals surface area contributed by atoms with E-state index in [0.29, 0.717) is 16.7 Å². The summed E-state index contributed by atoms with van der Waals surface area (Å²) in [5, 5.41) is 0.556. The maximum absolute atomic E-state index is 6.04. The lowest BCUT2D eigenvalue weighted by molar-refractivity contribution is 0.415. The van der Waals surface area contributed by atoms with E-state index in [1.165, 1.54) is 0 Å². The van der Waals surface area contributed by atoms with Crippen LogP contribution in [0.4, 0.5) is 5.95 Å². The summed E-state index contributed by atoms with van der Waals surface area (Å²) in [6, 6.07) is 5.51. The molecule has 0 saturated carbocycles. The summed E-state index contributed by atoms with van der Waals surface area (Å²) in [7, 11) is 1.58. The number of imidazole rings is 1. The molecular formula is C11H12ClN3O. The Kier molecular flexibility index (Phi) is 2.75. The molecule has 3 N–H and O–H groups in total. The number of halogens is 1. The van der Waals surface area contributed by atoms with Crippen LogP contribution in [0, 0.1) is 6.92 Å². The topological polar surface area (TPSA) is 63.9 Å². The minimum atomic E-state index is 0.402. The Hall–Kier alpha value is -1.68. The van der Waals surface area contributed by atoms with E-state index < -0.39 is 0 Å². The van der Waals surface area contributed by atoms with Crippen LogP contribution in [0.3, 0.4) is 0 Å². The first kappa shape index (κ1) is 10.8. The van der Waals surface area contributed by atoms with Gasteiger partial charge in [-0.1, -0.05) is 11.6 Å². The summed E-state index contributed by atoms with van der Waals surface area (Å²) < 4.78 is 5.09. The first-order valence-corrected chi connectivity index (χ1v) is 5.15. The van der Waals surface area contributed by atoms with Crippen LogP contribution in [0.5, 0.6) is 5.75 Å². The second-order valence-corrected chi connectivity index (χ2v) is 3.85. The predicted octanol–water partition coefficient (Wildman–Crippen LogP) is 2.63. The van der Waals surface area contributed by atoms with Crippen LogP contribution in [-0.4, -0.2) is 17.1 Å². The molecule has 0 spiro atoms. The third-order valence-corrected chi connectivity index (χ3v) is 2.62. The molecule has 16 heavy (non-hydrogen) atoms. The number of hydrogen-bond donors (Lipinski definition) is 2. The summed E-state index contributed by atoms with van der Waals surface area (Å²) in [5.41, 5.74) is 8.22. The minimum absolute atomic E-state index is 0.402. The van der Waals surface area contributed by atoms with E-state index in [0.717, 1.165) is 17.0 Å². The van der Waals surface area contributed by atoms with Crippen LogP contribution in [-0.2, 0) is 0 Å². The Morgan fingerprint density at radius 2 is 2.19 bits per heavy atom. The molecule has 0 fully saturated rings. The number of aromatic amines is 1. The van der Waals surface area contributed by atoms with E-state index in [4.69, 9.17) is 22.1 Å². The molecule has 1 aromatic heterocycles. The first-order valence-electron chi connectivity index (χ1n) is 4.78. The molecule has 0 aliphatic carbocycles. The molecule has 4 nitrogen and oxygen atoms in total. The molecular weight excluding hydrogens is 226 g/mol. The van der Waals surface area contributed by atoms with Gasteiger partial charge < -0.3 is 15.5 Å². The molecule has 1 heterocycles. The normalized spacial score (nSPS) is 10.4. The van der Waals surface area contributed by atoms with Gasteiger partial charge in [-0.25, -0.2) is 4.98 Å². The van der Waals surface area contributed by atoms with Crippen molar-refractivity contribution in [1.29, 1.82) is 0 Å². The van der Waals surface area contributed by atoms with Gasteiger partial charge in [-0.05, 0) is 25.1 Å². The molecule has 0 radical (unpaired) electrons. The molecule has 84 valence electrons. The van der Waals surface area contributed by atoms with E-state index in [1.807, 2.05) is 25.1 Å². The van der Waals surface area contributed by atoms with Crippen LogP contribution < -0.4 is 10.5 Å². The molecule has 2 aromatic rings. The molecule has 0 amide bonds. The third kappa shape index (κ3) is 1.84. The molecule has 1 aromatic carbocycles. The lowest BCUT2D eigenvalue weighted by Crippen LogP contribution is -1.87. The maximum atomic E-state index is 6.04. The van der Waals surface area contributed by atoms with E-state index >= 15 is 0 Å². The lowest BCUT2D eigenvalue weighted by Gasteiger charge is -2.04. The number of anilines is 1. The highest BCUT2D eigenvalue weighted by atomic mass is 35.5. The minimum Gasteiger partial charge on any atom is -0.495 e. The molecule has 5 heteroatoms. The lowest BCUT2D eigenvalue weighted by atomic mass is 10.1. The number of methoxy groups -OCH3 is 1. The number of nitrogen functional groups attached to an aromatic ring is 1. The third-order valence-electron chi connectivity index (χ3n) is 2.33. The number of nitrogens with zero attached hydrogens (tertiary/aromatic N) is 1. The van der Waals surface area contributed by atoms with Crippen LogP contribution >= 0.6 is 11.6 Å². The van der Waals surface area contributed by atoms with Gasteiger partial charge in [0.1, 0.15) is 5.75 Å². The number of nitrogens with one attached hydrogen (secondary N) is 1. The van der Waals surface area contributed by atoms with Gasteiger partial charge in [0.2, 0.25) is 0 Å². The zero-order valence-electron chi connectivity index (χ0n) is 9.04. The van der Waals surface area contributed by atoms with E-state index in [1.54, 1.807) is 7.11 Å². The van der Waals surface area contributed by atoms with Crippen molar-refractivity contribution in [2.24, 2.45) is 0 Å². The van der Waals surface area contributed by atoms with Gasteiger partial charge in [0, 0.05) is 11.3 Å². The number of rotatable bonds is 2. The quantitative estimate of drug-likeness (QED) is 0.844. The Morgan fingerprint density at radius 3 is 2.69 bits per heavy atom. The Labute approximate surface area is 98.4 Å². The summed E-state index contributed by atoms with van der Waals surface area (Å²) in [6.07, 6.45) is 0. The van der Waals surface area contributed by atoms with Crippen molar-refractivity contribution in [3.05, 3.63) is 28.9 Å². The van der Waals surface area contributed by atoms with Gasteiger partial charge in [0.25, 0.3) is 0 Å². The second-order valence-electron chi connectivity index (χ2n) is 3.44. The van der Waals surface area contributed by atoms with Crippen molar-refractivity contribution in [3.63, 3.8) is 0 Å². The fourth-order valence-corrected chi connectivity index (χ4v) is 1.84. The Balaban J connectivity index is 2.49. The van der Waals surface area contributed by atoms with Crippen molar-refractivity contribution >= 4 is 17.5 Å². The molecule has 2 rings (SSSR count). The average molecular weight is 238 g/mol. The highest BCUT2D eigenvalue weighted by Crippen LogP contribution is 2.30. The van der Waals surface area contributed by atoms with Crippen molar-refractivity contribution in [2.45, 2.75) is 6.92 Å². The zero-order valence-corrected chi connectivity index (χ0v) is 9.80. The monoisotopic (exact) mass is 237 g/mol. The van der Waals surface area contributed by atoms with Crippen LogP contribution in [0.2, 0.25) is 5.02 Å². The predicted molar refractivity (Wildman–Crippen MR) is 64.7 cm³/mol. The van der Waals surface area contributed by atoms with Crippen molar-refractivity contribution in [1.82, 2.24) is 9.97 Å². The average Bonchev–Trinajstić information content (AvgIpc) is 2.58. The second kappa shape index (κ2) is 4.06. The number of benzene rings is 1. The largest absolute Gasteiger partial charge is 0.495 e. The van der Waals surface area contributed by atoms with Gasteiger partial charge >= 0.3 is 0 Å². The van der Waals surface area contributed by atoms with E-state index in [-0.39, 0.29) is 0 Å². The summed E-state index contributed by atoms with van der Waals surface area (Å²) in [5.74, 6) is 1.05. The van der Waals surface area contributed by atoms with Crippen molar-refractivity contribution in [2.75, 3.05) is 12.8 Å². The van der Waals surface area contributed by atoms with E-state index in [2.05, 4.69) is 9.97 Å². The highest BCUT2D eigenvalue weighted by molar-refractivity contribution is 6.32. The fourth-order valence-electron chi connectivity index (χ4n) is 1.58. The van der Waals surface area contributed by atoms with Gasteiger partial charge in [-0.15, -0.1) is 0 Å². The first-order chi connectivity index (χ1) is 7.61. The Morgan fingerprint density at radius 1 is 1.44 bits per heavy atom. The number of aromatic nitrogens is 2. The molecule has 0 atom stereocenters. The van der Waals surface area contributed by atoms with Gasteiger partial charge in [0.15, 0.2) is 5.95 Å². The van der Waals surface area contributed by atoms with Gasteiger partial charge in [0.05, 0.1) is 17.8 Å². The number of hydrogen-bond acceptors (Lipinski definition) is 3. The molecule has 0 aliphatic heterocycles. The van der Waals surface area contributed by atoms with Gasteiger partial charge in [-0.2, -0.15) is 0 Å². The molecule has 0 saturated heterocycles. The Bertz CT molecular complexity index is 522. The molecule has 0 unspecified atom stereocenters. The summed E-state index contributed by atoms with van der Waals surface area (Å²) in [4.78, 5) is 7.15. The number of H-pyrrole nitrogens is 1. The molecule has 0 bridgehead atoms. The fraction of sp³-hybridized carbons (Fsp3) is 0.182. The van der Waals surface area contributed by atoms with E-state index in [9.17, 15) is 0 Å². The SMILES string of the molecule is COc1ccc(-c2nc(N)[nH]c2C)cc1Cl. The maximum Gasteiger partial charge on any atom is 0.198 e. The zero-order chi connectivity index (χ0) is 11.7. The van der Waals surface area contributed by atoms with Crippen LogP contribution in [0.15, 0.2) is 18.2 Å². The number of aryl methyl sites for hydroxylation is 1. The number of ether oxygens (including phenoxy) is 1. The highest BCUT2D eigenvalue weighted by Gasteiger charge is 2.09. The van der Waals surface area contributed by atoms with Crippen LogP contribution in [0.1, 0.15) is 5.69 Å². The van der Waals surface area contributed by atoms with Crippen LogP contribution in [0.25, 0.3) is 11.3 Å². The van der Waals surface area contributed by atoms with Crippen molar-refractivity contribution in [3.8, 4) is 17.0 Å². The van der Waals surface area contributed by atoms with Gasteiger partial charge in [-0.3, -0.25) is 0 Å². The summed E-state index contributed by atoms with van der Waals surface area (Å²) >= 11 is 6.04. The standard InChI is InChI=1S/C11H12ClN3O/c1-6-10(15-11(13)14-6)7-3-4-9(16-2)8(12)5-7/h3-5H,1-2H3,(H3,13,14,15). The van der Waals surface area contributed by atoms with Crippen molar-refractivity contribution < 1.29 is 4.74 Å². The smallest absolute Gasteiger partial charge is 0.198 e. The summed E-state index contributed by atoms with van der Waals surface area (Å²) in [6.45, 7) is 1.91. The number of nitrogens with two attached hydrogens (primary N) is 1. The molecule has 0 aliphatic rings.